The molecule has 0 saturated heterocycles. The van der Waals surface area contributed by atoms with Gasteiger partial charge in [0.2, 0.25) is 0 Å². The number of hydrogen-bond donors (Lipinski definition) is 0. The van der Waals surface area contributed by atoms with Crippen molar-refractivity contribution in [3.05, 3.63) is 87.9 Å². The zero-order valence-corrected chi connectivity index (χ0v) is 17.7. The first kappa shape index (κ1) is 16.3. The van der Waals surface area contributed by atoms with Crippen LogP contribution in [0, 0.1) is 0 Å². The first-order chi connectivity index (χ1) is 10.6. The zero-order valence-electron chi connectivity index (χ0n) is 11.6. The predicted octanol–water partition coefficient (Wildman–Crippen LogP) is 4.16. The minimum atomic E-state index is -2.43. The monoisotopic (exact) mass is 541 g/mol. The molecule has 0 aromatic heterocycles. The second-order valence-corrected chi connectivity index (χ2v) is 15.9. The molecule has 3 rings (SSSR count). The number of benzene rings is 3. The van der Waals surface area contributed by atoms with Gasteiger partial charge < -0.3 is 0 Å². The van der Waals surface area contributed by atoms with Crippen LogP contribution in [0.1, 0.15) is 0 Å². The summed E-state index contributed by atoms with van der Waals surface area (Å²) in [4.78, 5) is 0. The number of hydrogen-bond acceptors (Lipinski definition) is 0. The van der Waals surface area contributed by atoms with Gasteiger partial charge in [0.25, 0.3) is 0 Å². The quantitative estimate of drug-likeness (QED) is 0.437. The van der Waals surface area contributed by atoms with Crippen LogP contribution in [-0.4, -0.2) is 22.7 Å². The van der Waals surface area contributed by atoms with E-state index in [1.54, 1.807) is 0 Å². The summed E-state index contributed by atoms with van der Waals surface area (Å²) in [6, 6.07) is 24.7. The summed E-state index contributed by atoms with van der Waals surface area (Å²) in [7, 11) is 0. The third-order valence-electron chi connectivity index (χ3n) is 3.40. The molecule has 0 fully saturated rings. The Morgan fingerprint density at radius 2 is 0.636 bits per heavy atom. The third kappa shape index (κ3) is 3.85. The van der Waals surface area contributed by atoms with E-state index in [-0.39, 0.29) is 0 Å². The Hall–Kier alpha value is -0.548. The average molecular weight is 542 g/mol. The van der Waals surface area contributed by atoms with Crippen molar-refractivity contribution in [1.29, 1.82) is 0 Å². The molecule has 0 bridgehead atoms. The maximum absolute atomic E-state index is 6.04. The molecule has 1 radical (unpaired) electrons. The molecular weight excluding hydrogens is 530 g/mol. The summed E-state index contributed by atoms with van der Waals surface area (Å²) in [5.41, 5.74) is 0. The zero-order chi connectivity index (χ0) is 15.5. The molecule has 0 heterocycles. The summed E-state index contributed by atoms with van der Waals surface area (Å²) < 4.78 is 4.16. The Kier molecular flexibility index (Phi) is 5.45. The van der Waals surface area contributed by atoms with Gasteiger partial charge in [-0.3, -0.25) is 0 Å². The molecule has 3 aromatic carbocycles. The average Bonchev–Trinajstić information content (AvgIpc) is 2.53. The van der Waals surface area contributed by atoms with E-state index in [1.165, 1.54) is 9.37 Å². The molecule has 0 saturated carbocycles. The fourth-order valence-corrected chi connectivity index (χ4v) is 12.4. The van der Waals surface area contributed by atoms with Gasteiger partial charge in [0.05, 0.1) is 0 Å². The molecule has 0 nitrogen and oxygen atoms in total. The van der Waals surface area contributed by atoms with Crippen molar-refractivity contribution < 1.29 is 0 Å². The summed E-state index contributed by atoms with van der Waals surface area (Å²) in [5, 5.41) is 2.30. The van der Waals surface area contributed by atoms with E-state index in [9.17, 15) is 0 Å². The van der Waals surface area contributed by atoms with Crippen molar-refractivity contribution in [2.24, 2.45) is 0 Å². The van der Waals surface area contributed by atoms with Gasteiger partial charge in [0.1, 0.15) is 0 Å². The van der Waals surface area contributed by atoms with Crippen molar-refractivity contribution in [3.63, 3.8) is 0 Å². The summed E-state index contributed by atoms with van der Waals surface area (Å²) >= 11 is 15.7. The standard InChI is InChI=1S/3C6H4Cl.Pb/c3*7-6-4-2-1-3-5-6;/h3*2-5H;. The summed E-state index contributed by atoms with van der Waals surface area (Å²) in [5.74, 6) is 0. The van der Waals surface area contributed by atoms with E-state index in [1.807, 2.05) is 36.4 Å². The normalized spacial score (nSPS) is 10.9. The van der Waals surface area contributed by atoms with Crippen molar-refractivity contribution in [3.8, 4) is 0 Å². The second-order valence-electron chi connectivity index (χ2n) is 4.90. The van der Waals surface area contributed by atoms with Gasteiger partial charge in [-0.05, 0) is 0 Å². The van der Waals surface area contributed by atoms with E-state index in [2.05, 4.69) is 36.4 Å². The molecule has 0 spiro atoms. The first-order valence-electron chi connectivity index (χ1n) is 6.78. The molecule has 22 heavy (non-hydrogen) atoms. The van der Waals surface area contributed by atoms with Gasteiger partial charge in [-0.25, -0.2) is 0 Å². The van der Waals surface area contributed by atoms with Crippen LogP contribution in [0.5, 0.6) is 0 Å². The van der Waals surface area contributed by atoms with E-state index < -0.39 is 22.7 Å². The Labute approximate surface area is 153 Å². The minimum absolute atomic E-state index is 0.765. The Bertz CT molecular complexity index is 642. The van der Waals surface area contributed by atoms with Crippen LogP contribution in [0.2, 0.25) is 15.1 Å². The maximum atomic E-state index is 6.04. The van der Waals surface area contributed by atoms with Crippen molar-refractivity contribution in [1.82, 2.24) is 0 Å². The van der Waals surface area contributed by atoms with Crippen LogP contribution >= 0.6 is 34.8 Å². The SMILES string of the molecule is Clc1cc[c]([Pb]([c]2ccc(Cl)cc2)[c]2ccc(Cl)cc2)cc1. The van der Waals surface area contributed by atoms with Crippen LogP contribution in [-0.2, 0) is 0 Å². The van der Waals surface area contributed by atoms with E-state index in [0.717, 1.165) is 15.1 Å². The Balaban J connectivity index is 2.10. The van der Waals surface area contributed by atoms with Crippen LogP contribution in [0.4, 0.5) is 0 Å². The van der Waals surface area contributed by atoms with Crippen LogP contribution in [0.25, 0.3) is 0 Å². The molecule has 0 aliphatic heterocycles. The molecule has 109 valence electrons. The molecule has 0 amide bonds. The van der Waals surface area contributed by atoms with Crippen LogP contribution in [0.3, 0.4) is 0 Å². The fraction of sp³-hybridized carbons (Fsp3) is 0. The third-order valence-corrected chi connectivity index (χ3v) is 14.8. The molecule has 0 aliphatic carbocycles. The molecule has 0 aliphatic rings. The van der Waals surface area contributed by atoms with E-state index in [0.29, 0.717) is 0 Å². The molecule has 0 atom stereocenters. The van der Waals surface area contributed by atoms with Gasteiger partial charge in [-0.2, -0.15) is 0 Å². The molecular formula is C18H12Cl3Pb. The summed E-state index contributed by atoms with van der Waals surface area (Å²) in [6.45, 7) is 0. The Morgan fingerprint density at radius 1 is 0.409 bits per heavy atom. The predicted molar refractivity (Wildman–Crippen MR) is 99.0 cm³/mol. The van der Waals surface area contributed by atoms with Crippen molar-refractivity contribution in [2.45, 2.75) is 0 Å². The Morgan fingerprint density at radius 3 is 0.864 bits per heavy atom. The van der Waals surface area contributed by atoms with E-state index in [4.69, 9.17) is 34.8 Å². The van der Waals surface area contributed by atoms with Gasteiger partial charge in [-0.15, -0.1) is 0 Å². The fourth-order valence-electron chi connectivity index (χ4n) is 2.35. The van der Waals surface area contributed by atoms with Crippen molar-refractivity contribution in [2.75, 3.05) is 0 Å². The second kappa shape index (κ2) is 7.35. The van der Waals surface area contributed by atoms with Crippen molar-refractivity contribution >= 4 is 66.9 Å². The number of rotatable bonds is 3. The topological polar surface area (TPSA) is 0 Å². The number of halogens is 3. The first-order valence-corrected chi connectivity index (χ1v) is 13.7. The van der Waals surface area contributed by atoms with Gasteiger partial charge in [-0.1, -0.05) is 0 Å². The van der Waals surface area contributed by atoms with Gasteiger partial charge in [0.15, 0.2) is 0 Å². The molecule has 0 N–H and O–H groups in total. The van der Waals surface area contributed by atoms with Crippen LogP contribution in [0.15, 0.2) is 72.8 Å². The molecule has 4 heteroatoms. The summed E-state index contributed by atoms with van der Waals surface area (Å²) in [6.07, 6.45) is 0. The van der Waals surface area contributed by atoms with E-state index >= 15 is 0 Å². The van der Waals surface area contributed by atoms with Gasteiger partial charge in [0, 0.05) is 0 Å². The van der Waals surface area contributed by atoms with Gasteiger partial charge >= 0.3 is 155 Å². The molecule has 3 aromatic rings. The molecule has 0 unspecified atom stereocenters. The van der Waals surface area contributed by atoms with Crippen LogP contribution < -0.4 is 9.37 Å².